The molecule has 6 heteroatoms. The number of amides is 1. The van der Waals surface area contributed by atoms with Crippen molar-refractivity contribution in [1.82, 2.24) is 20.2 Å². The van der Waals surface area contributed by atoms with E-state index in [0.29, 0.717) is 18.7 Å². The molecule has 0 spiro atoms. The summed E-state index contributed by atoms with van der Waals surface area (Å²) in [5.41, 5.74) is 3.63. The lowest BCUT2D eigenvalue weighted by Crippen LogP contribution is -2.31. The van der Waals surface area contributed by atoms with E-state index in [1.54, 1.807) is 0 Å². The number of hydrogen-bond donors (Lipinski definition) is 3. The number of nitrogens with one attached hydrogen (secondary N) is 3. The standard InChI is InChI=1S/C19H23N5O/c1-24(2)11-10-20-18(25)15-7-5-6-14(12-15)13-21-19-22-16-8-3-4-9-17(16)23-19/h3-9,12H,10-11,13H2,1-2H3,(H,20,25)(H2,21,22,23). The number of fused-ring (bicyclic) bond motifs is 1. The van der Waals surface area contributed by atoms with Crippen LogP contribution in [0.25, 0.3) is 11.0 Å². The molecule has 6 nitrogen and oxygen atoms in total. The maximum Gasteiger partial charge on any atom is 0.251 e. The Morgan fingerprint density at radius 1 is 1.16 bits per heavy atom. The van der Waals surface area contributed by atoms with Gasteiger partial charge in [0.1, 0.15) is 0 Å². The van der Waals surface area contributed by atoms with Gasteiger partial charge in [-0.2, -0.15) is 0 Å². The predicted octanol–water partition coefficient (Wildman–Crippen LogP) is 2.47. The van der Waals surface area contributed by atoms with Gasteiger partial charge in [-0.3, -0.25) is 4.79 Å². The second-order valence-corrected chi connectivity index (χ2v) is 6.22. The van der Waals surface area contributed by atoms with Gasteiger partial charge < -0.3 is 20.5 Å². The number of hydrogen-bond acceptors (Lipinski definition) is 4. The van der Waals surface area contributed by atoms with E-state index >= 15 is 0 Å². The van der Waals surface area contributed by atoms with Gasteiger partial charge in [-0.25, -0.2) is 4.98 Å². The number of anilines is 1. The Morgan fingerprint density at radius 2 is 2.00 bits per heavy atom. The smallest absolute Gasteiger partial charge is 0.251 e. The van der Waals surface area contributed by atoms with Crippen LogP contribution in [0, 0.1) is 0 Å². The molecule has 3 rings (SSSR count). The fourth-order valence-electron chi connectivity index (χ4n) is 2.54. The molecule has 0 aliphatic carbocycles. The van der Waals surface area contributed by atoms with Gasteiger partial charge in [0.15, 0.2) is 0 Å². The third-order valence-electron chi connectivity index (χ3n) is 3.88. The van der Waals surface area contributed by atoms with Crippen LogP contribution in [0.1, 0.15) is 15.9 Å². The number of aromatic nitrogens is 2. The molecule has 3 aromatic rings. The number of H-pyrrole nitrogens is 1. The highest BCUT2D eigenvalue weighted by Crippen LogP contribution is 2.14. The molecule has 0 saturated carbocycles. The Bertz CT molecular complexity index is 823. The molecule has 2 aromatic carbocycles. The van der Waals surface area contributed by atoms with Crippen LogP contribution < -0.4 is 10.6 Å². The first-order chi connectivity index (χ1) is 12.1. The van der Waals surface area contributed by atoms with Crippen molar-refractivity contribution in [2.75, 3.05) is 32.5 Å². The molecule has 3 N–H and O–H groups in total. The van der Waals surface area contributed by atoms with Crippen LogP contribution in [0.15, 0.2) is 48.5 Å². The van der Waals surface area contributed by atoms with Crippen LogP contribution in [0.4, 0.5) is 5.95 Å². The minimum Gasteiger partial charge on any atom is -0.352 e. The quantitative estimate of drug-likeness (QED) is 0.619. The van der Waals surface area contributed by atoms with Crippen molar-refractivity contribution >= 4 is 22.9 Å². The number of aromatic amines is 1. The largest absolute Gasteiger partial charge is 0.352 e. The summed E-state index contributed by atoms with van der Waals surface area (Å²) in [4.78, 5) is 22.0. The molecule has 25 heavy (non-hydrogen) atoms. The molecule has 0 bridgehead atoms. The zero-order valence-corrected chi connectivity index (χ0v) is 14.5. The SMILES string of the molecule is CN(C)CCNC(=O)c1cccc(CNc2nc3ccccc3[nH]2)c1. The Hall–Kier alpha value is -2.86. The van der Waals surface area contributed by atoms with Gasteiger partial charge >= 0.3 is 0 Å². The first-order valence-electron chi connectivity index (χ1n) is 8.32. The van der Waals surface area contributed by atoms with E-state index in [9.17, 15) is 4.79 Å². The lowest BCUT2D eigenvalue weighted by molar-refractivity contribution is 0.0951. The highest BCUT2D eigenvalue weighted by Gasteiger charge is 2.07. The van der Waals surface area contributed by atoms with Gasteiger partial charge in [0.2, 0.25) is 5.95 Å². The first-order valence-corrected chi connectivity index (χ1v) is 8.32. The van der Waals surface area contributed by atoms with Gasteiger partial charge in [-0.05, 0) is 43.9 Å². The molecule has 1 heterocycles. The van der Waals surface area contributed by atoms with Gasteiger partial charge in [0.25, 0.3) is 5.91 Å². The molecule has 1 amide bonds. The van der Waals surface area contributed by atoms with Crippen LogP contribution in [0.3, 0.4) is 0 Å². The van der Waals surface area contributed by atoms with Crippen molar-refractivity contribution in [3.8, 4) is 0 Å². The normalized spacial score (nSPS) is 11.0. The molecular weight excluding hydrogens is 314 g/mol. The average Bonchev–Trinajstić information content (AvgIpc) is 3.03. The number of nitrogens with zero attached hydrogens (tertiary/aromatic N) is 2. The Kier molecular flexibility index (Phi) is 5.30. The number of likely N-dealkylation sites (N-methyl/N-ethyl adjacent to an activating group) is 1. The van der Waals surface area contributed by atoms with Crippen molar-refractivity contribution in [2.24, 2.45) is 0 Å². The summed E-state index contributed by atoms with van der Waals surface area (Å²) < 4.78 is 0. The summed E-state index contributed by atoms with van der Waals surface area (Å²) in [6.45, 7) is 2.05. The summed E-state index contributed by atoms with van der Waals surface area (Å²) in [5.74, 6) is 0.675. The van der Waals surface area contributed by atoms with Crippen molar-refractivity contribution in [3.05, 3.63) is 59.7 Å². The number of imidazole rings is 1. The van der Waals surface area contributed by atoms with Crippen LogP contribution >= 0.6 is 0 Å². The fourth-order valence-corrected chi connectivity index (χ4v) is 2.54. The van der Waals surface area contributed by atoms with E-state index < -0.39 is 0 Å². The molecule has 0 radical (unpaired) electrons. The van der Waals surface area contributed by atoms with Crippen molar-refractivity contribution in [3.63, 3.8) is 0 Å². The van der Waals surface area contributed by atoms with Crippen molar-refractivity contribution in [2.45, 2.75) is 6.54 Å². The summed E-state index contributed by atoms with van der Waals surface area (Å²) in [5, 5.41) is 6.20. The van der Waals surface area contributed by atoms with Gasteiger partial charge in [0, 0.05) is 25.2 Å². The number of rotatable bonds is 7. The minimum atomic E-state index is -0.0487. The van der Waals surface area contributed by atoms with E-state index in [1.165, 1.54) is 0 Å². The number of carbonyl (C=O) groups excluding carboxylic acids is 1. The lowest BCUT2D eigenvalue weighted by atomic mass is 10.1. The zero-order valence-electron chi connectivity index (χ0n) is 14.5. The fraction of sp³-hybridized carbons (Fsp3) is 0.263. The highest BCUT2D eigenvalue weighted by molar-refractivity contribution is 5.94. The molecule has 0 atom stereocenters. The average molecular weight is 337 g/mol. The van der Waals surface area contributed by atoms with Crippen LogP contribution in [-0.2, 0) is 6.54 Å². The second kappa shape index (κ2) is 7.81. The van der Waals surface area contributed by atoms with Gasteiger partial charge in [0.05, 0.1) is 11.0 Å². The number of benzene rings is 2. The molecule has 0 unspecified atom stereocenters. The number of para-hydroxylation sites is 2. The summed E-state index contributed by atoms with van der Waals surface area (Å²) >= 11 is 0. The minimum absolute atomic E-state index is 0.0487. The maximum atomic E-state index is 12.2. The lowest BCUT2D eigenvalue weighted by Gasteiger charge is -2.11. The third kappa shape index (κ3) is 4.58. The molecule has 0 fully saturated rings. The first kappa shape index (κ1) is 17.0. The Labute approximate surface area is 147 Å². The van der Waals surface area contributed by atoms with Gasteiger partial charge in [-0.15, -0.1) is 0 Å². The molecular formula is C19H23N5O. The van der Waals surface area contributed by atoms with Crippen LogP contribution in [-0.4, -0.2) is 48.0 Å². The summed E-state index contributed by atoms with van der Waals surface area (Å²) in [6, 6.07) is 15.5. The van der Waals surface area contributed by atoms with E-state index in [1.807, 2.05) is 67.5 Å². The molecule has 130 valence electrons. The summed E-state index contributed by atoms with van der Waals surface area (Å²) in [7, 11) is 3.97. The van der Waals surface area contributed by atoms with Crippen molar-refractivity contribution < 1.29 is 4.79 Å². The molecule has 0 aliphatic heterocycles. The Morgan fingerprint density at radius 3 is 2.80 bits per heavy atom. The molecule has 0 saturated heterocycles. The predicted molar refractivity (Wildman–Crippen MR) is 101 cm³/mol. The van der Waals surface area contributed by atoms with Crippen LogP contribution in [0.2, 0.25) is 0 Å². The summed E-state index contributed by atoms with van der Waals surface area (Å²) in [6.07, 6.45) is 0. The van der Waals surface area contributed by atoms with E-state index in [2.05, 4.69) is 20.6 Å². The van der Waals surface area contributed by atoms with E-state index in [0.717, 1.165) is 29.1 Å². The van der Waals surface area contributed by atoms with E-state index in [4.69, 9.17) is 0 Å². The van der Waals surface area contributed by atoms with Crippen molar-refractivity contribution in [1.29, 1.82) is 0 Å². The van der Waals surface area contributed by atoms with Crippen LogP contribution in [0.5, 0.6) is 0 Å². The van der Waals surface area contributed by atoms with Gasteiger partial charge in [-0.1, -0.05) is 24.3 Å². The second-order valence-electron chi connectivity index (χ2n) is 6.22. The monoisotopic (exact) mass is 337 g/mol. The highest BCUT2D eigenvalue weighted by atomic mass is 16.1. The zero-order chi connectivity index (χ0) is 17.6. The molecule has 1 aromatic heterocycles. The number of carbonyl (C=O) groups is 1. The maximum absolute atomic E-state index is 12.2. The third-order valence-corrected chi connectivity index (χ3v) is 3.88. The van der Waals surface area contributed by atoms with E-state index in [-0.39, 0.29) is 5.91 Å². The Balaban J connectivity index is 1.60. The molecule has 0 aliphatic rings. The topological polar surface area (TPSA) is 73.1 Å².